The van der Waals surface area contributed by atoms with Crippen LogP contribution in [0.5, 0.6) is 11.5 Å². The Labute approximate surface area is 142 Å². The van der Waals surface area contributed by atoms with Gasteiger partial charge in [0.15, 0.2) is 11.5 Å². The second-order valence-corrected chi connectivity index (χ2v) is 6.01. The van der Waals surface area contributed by atoms with Gasteiger partial charge in [-0.05, 0) is 12.5 Å². The van der Waals surface area contributed by atoms with Crippen molar-refractivity contribution < 1.29 is 19.0 Å². The van der Waals surface area contributed by atoms with Gasteiger partial charge in [0.25, 0.3) is 0 Å². The molecule has 2 aliphatic rings. The number of morpholine rings is 1. The Morgan fingerprint density at radius 1 is 1.38 bits per heavy atom. The number of carbonyl (C=O) groups excluding carboxylic acids is 1. The number of amides is 2. The lowest BCUT2D eigenvalue weighted by Gasteiger charge is -2.28. The van der Waals surface area contributed by atoms with E-state index in [9.17, 15) is 4.79 Å². The largest absolute Gasteiger partial charge is 0.493 e. The molecule has 2 N–H and O–H groups in total. The molecule has 0 aliphatic carbocycles. The summed E-state index contributed by atoms with van der Waals surface area (Å²) in [6.07, 6.45) is 0.740. The van der Waals surface area contributed by atoms with E-state index in [1.54, 1.807) is 7.11 Å². The van der Waals surface area contributed by atoms with Crippen LogP contribution in [0, 0.1) is 0 Å². The Kier molecular flexibility index (Phi) is 5.77. The number of nitrogens with zero attached hydrogens (tertiary/aromatic N) is 1. The lowest BCUT2D eigenvalue weighted by atomic mass is 10.0. The standard InChI is InChI=1S/C17H25N3O4/c1-22-15-4-2-3-13-11-14(12-24-16(13)15)19-17(21)18-5-6-20-7-9-23-10-8-20/h2-4,14H,5-12H2,1H3,(H2,18,19,21). The van der Waals surface area contributed by atoms with E-state index in [4.69, 9.17) is 14.2 Å². The maximum atomic E-state index is 12.0. The minimum atomic E-state index is -0.150. The average molecular weight is 335 g/mol. The third-order valence-electron chi connectivity index (χ3n) is 4.33. The summed E-state index contributed by atoms with van der Waals surface area (Å²) in [4.78, 5) is 14.3. The summed E-state index contributed by atoms with van der Waals surface area (Å²) in [6, 6.07) is 5.63. The van der Waals surface area contributed by atoms with Crippen molar-refractivity contribution in [1.82, 2.24) is 15.5 Å². The Morgan fingerprint density at radius 2 is 2.21 bits per heavy atom. The third kappa shape index (κ3) is 4.30. The van der Waals surface area contributed by atoms with Crippen LogP contribution >= 0.6 is 0 Å². The molecule has 7 heteroatoms. The molecular weight excluding hydrogens is 310 g/mol. The Balaban J connectivity index is 1.42. The SMILES string of the molecule is COc1cccc2c1OCC(NC(=O)NCCN1CCOCC1)C2. The molecule has 7 nitrogen and oxygen atoms in total. The summed E-state index contributed by atoms with van der Waals surface area (Å²) in [5.74, 6) is 1.52. The molecule has 0 spiro atoms. The smallest absolute Gasteiger partial charge is 0.315 e. The number of fused-ring (bicyclic) bond motifs is 1. The summed E-state index contributed by atoms with van der Waals surface area (Å²) >= 11 is 0. The highest BCUT2D eigenvalue weighted by molar-refractivity contribution is 5.74. The molecule has 3 rings (SSSR count). The van der Waals surface area contributed by atoms with Gasteiger partial charge >= 0.3 is 6.03 Å². The fraction of sp³-hybridized carbons (Fsp3) is 0.588. The summed E-state index contributed by atoms with van der Waals surface area (Å²) in [5.41, 5.74) is 1.05. The lowest BCUT2D eigenvalue weighted by molar-refractivity contribution is 0.0387. The molecule has 132 valence electrons. The van der Waals surface area contributed by atoms with Gasteiger partial charge < -0.3 is 24.8 Å². The van der Waals surface area contributed by atoms with Crippen LogP contribution in [0.25, 0.3) is 0 Å². The van der Waals surface area contributed by atoms with Gasteiger partial charge in [-0.3, -0.25) is 4.90 Å². The third-order valence-corrected chi connectivity index (χ3v) is 4.33. The van der Waals surface area contributed by atoms with Crippen molar-refractivity contribution in [1.29, 1.82) is 0 Å². The Bertz CT molecular complexity index is 561. The van der Waals surface area contributed by atoms with Crippen LogP contribution in [-0.4, -0.2) is 70.1 Å². The molecule has 24 heavy (non-hydrogen) atoms. The van der Waals surface area contributed by atoms with Crippen LogP contribution in [0.1, 0.15) is 5.56 Å². The quantitative estimate of drug-likeness (QED) is 0.826. The zero-order valence-corrected chi connectivity index (χ0v) is 14.0. The van der Waals surface area contributed by atoms with Crippen LogP contribution in [0.2, 0.25) is 0 Å². The van der Waals surface area contributed by atoms with Crippen LogP contribution in [0.3, 0.4) is 0 Å². The summed E-state index contributed by atoms with van der Waals surface area (Å²) < 4.78 is 16.4. The number of para-hydroxylation sites is 1. The topological polar surface area (TPSA) is 72.1 Å². The number of methoxy groups -OCH3 is 1. The first-order valence-corrected chi connectivity index (χ1v) is 8.39. The molecule has 0 aromatic heterocycles. The number of ether oxygens (including phenoxy) is 3. The fourth-order valence-corrected chi connectivity index (χ4v) is 3.04. The van der Waals surface area contributed by atoms with Crippen molar-refractivity contribution in [3.05, 3.63) is 23.8 Å². The minimum absolute atomic E-state index is 0.0343. The predicted molar refractivity (Wildman–Crippen MR) is 89.8 cm³/mol. The zero-order chi connectivity index (χ0) is 16.8. The van der Waals surface area contributed by atoms with Gasteiger partial charge in [-0.15, -0.1) is 0 Å². The van der Waals surface area contributed by atoms with Gasteiger partial charge in [0.2, 0.25) is 0 Å². The molecular formula is C17H25N3O4. The molecule has 1 atom stereocenters. The van der Waals surface area contributed by atoms with Crippen LogP contribution in [-0.2, 0) is 11.2 Å². The molecule has 1 aromatic carbocycles. The molecule has 2 amide bonds. The number of rotatable bonds is 5. The van der Waals surface area contributed by atoms with Gasteiger partial charge in [-0.2, -0.15) is 0 Å². The van der Waals surface area contributed by atoms with E-state index in [0.29, 0.717) is 13.2 Å². The molecule has 1 fully saturated rings. The summed E-state index contributed by atoms with van der Waals surface area (Å²) in [6.45, 7) is 5.33. The normalized spacial score (nSPS) is 20.6. The average Bonchev–Trinajstić information content (AvgIpc) is 2.62. The van der Waals surface area contributed by atoms with Crippen LogP contribution in [0.4, 0.5) is 4.79 Å². The highest BCUT2D eigenvalue weighted by atomic mass is 16.5. The van der Waals surface area contributed by atoms with E-state index in [0.717, 1.165) is 56.3 Å². The molecule has 2 aliphatic heterocycles. The first-order chi connectivity index (χ1) is 11.8. The van der Waals surface area contributed by atoms with E-state index in [1.807, 2.05) is 18.2 Å². The van der Waals surface area contributed by atoms with Gasteiger partial charge in [0, 0.05) is 31.7 Å². The van der Waals surface area contributed by atoms with Crippen molar-refractivity contribution >= 4 is 6.03 Å². The van der Waals surface area contributed by atoms with E-state index < -0.39 is 0 Å². The van der Waals surface area contributed by atoms with Gasteiger partial charge in [0.1, 0.15) is 6.61 Å². The Morgan fingerprint density at radius 3 is 3.00 bits per heavy atom. The first kappa shape index (κ1) is 16.9. The van der Waals surface area contributed by atoms with E-state index >= 15 is 0 Å². The van der Waals surface area contributed by atoms with Crippen molar-refractivity contribution in [2.75, 3.05) is 53.1 Å². The van der Waals surface area contributed by atoms with E-state index in [1.165, 1.54) is 0 Å². The number of urea groups is 1. The molecule has 1 aromatic rings. The summed E-state index contributed by atoms with van der Waals surface area (Å²) in [5, 5.41) is 5.89. The monoisotopic (exact) mass is 335 g/mol. The van der Waals surface area contributed by atoms with E-state index in [2.05, 4.69) is 15.5 Å². The molecule has 0 saturated carbocycles. The van der Waals surface area contributed by atoms with Crippen LogP contribution < -0.4 is 20.1 Å². The van der Waals surface area contributed by atoms with Gasteiger partial charge in [-0.25, -0.2) is 4.79 Å². The highest BCUT2D eigenvalue weighted by Crippen LogP contribution is 2.34. The molecule has 2 heterocycles. The first-order valence-electron chi connectivity index (χ1n) is 8.39. The second kappa shape index (κ2) is 8.21. The lowest BCUT2D eigenvalue weighted by Crippen LogP contribution is -2.49. The molecule has 0 radical (unpaired) electrons. The number of nitrogens with one attached hydrogen (secondary N) is 2. The summed E-state index contributed by atoms with van der Waals surface area (Å²) in [7, 11) is 1.63. The number of hydrogen-bond donors (Lipinski definition) is 2. The molecule has 1 unspecified atom stereocenters. The molecule has 1 saturated heterocycles. The van der Waals surface area contributed by atoms with Crippen molar-refractivity contribution in [2.45, 2.75) is 12.5 Å². The number of benzene rings is 1. The fourth-order valence-electron chi connectivity index (χ4n) is 3.04. The molecule has 0 bridgehead atoms. The van der Waals surface area contributed by atoms with Crippen molar-refractivity contribution in [2.24, 2.45) is 0 Å². The second-order valence-electron chi connectivity index (χ2n) is 6.01. The zero-order valence-electron chi connectivity index (χ0n) is 14.0. The van der Waals surface area contributed by atoms with E-state index in [-0.39, 0.29) is 12.1 Å². The highest BCUT2D eigenvalue weighted by Gasteiger charge is 2.23. The maximum absolute atomic E-state index is 12.0. The van der Waals surface area contributed by atoms with Crippen molar-refractivity contribution in [3.8, 4) is 11.5 Å². The number of hydrogen-bond acceptors (Lipinski definition) is 5. The van der Waals surface area contributed by atoms with Crippen LogP contribution in [0.15, 0.2) is 18.2 Å². The van der Waals surface area contributed by atoms with Gasteiger partial charge in [-0.1, -0.05) is 12.1 Å². The van der Waals surface area contributed by atoms with Crippen molar-refractivity contribution in [3.63, 3.8) is 0 Å². The Hall–Kier alpha value is -1.99. The minimum Gasteiger partial charge on any atom is -0.493 e. The number of carbonyl (C=O) groups is 1. The van der Waals surface area contributed by atoms with Gasteiger partial charge in [0.05, 0.1) is 26.4 Å². The maximum Gasteiger partial charge on any atom is 0.315 e. The predicted octanol–water partition coefficient (Wildman–Crippen LogP) is 0.630.